The minimum atomic E-state index is -1.05. The molecule has 0 saturated heterocycles. The largest absolute Gasteiger partial charge is 0.366 e. The number of halogens is 3. The SMILES string of the molecule is CCc1c(F)cc(F)c(NN2C=CC=C(C(N)=O)C2)c1F. The van der Waals surface area contributed by atoms with Gasteiger partial charge >= 0.3 is 0 Å². The number of nitrogens with one attached hydrogen (secondary N) is 1. The topological polar surface area (TPSA) is 58.4 Å². The van der Waals surface area contributed by atoms with Crippen molar-refractivity contribution in [3.63, 3.8) is 0 Å². The van der Waals surface area contributed by atoms with E-state index in [0.717, 1.165) is 0 Å². The fraction of sp³-hybridized carbons (Fsp3) is 0.214. The van der Waals surface area contributed by atoms with E-state index in [1.165, 1.54) is 23.4 Å². The fourth-order valence-electron chi connectivity index (χ4n) is 1.99. The van der Waals surface area contributed by atoms with Gasteiger partial charge in [0.2, 0.25) is 5.91 Å². The molecule has 0 unspecified atom stereocenters. The lowest BCUT2D eigenvalue weighted by Crippen LogP contribution is -2.33. The van der Waals surface area contributed by atoms with E-state index in [2.05, 4.69) is 5.43 Å². The van der Waals surface area contributed by atoms with Crippen molar-refractivity contribution in [3.8, 4) is 0 Å². The summed E-state index contributed by atoms with van der Waals surface area (Å²) in [7, 11) is 0. The molecular weight excluding hydrogens is 283 g/mol. The summed E-state index contributed by atoms with van der Waals surface area (Å²) in [5.41, 5.74) is 7.25. The molecule has 1 heterocycles. The van der Waals surface area contributed by atoms with Crippen LogP contribution in [0.4, 0.5) is 18.9 Å². The van der Waals surface area contributed by atoms with E-state index >= 15 is 0 Å². The van der Waals surface area contributed by atoms with E-state index < -0.39 is 29.0 Å². The smallest absolute Gasteiger partial charge is 0.246 e. The Balaban J connectivity index is 2.27. The van der Waals surface area contributed by atoms with Crippen LogP contribution >= 0.6 is 0 Å². The summed E-state index contributed by atoms with van der Waals surface area (Å²) in [6.07, 6.45) is 4.60. The number of anilines is 1. The molecule has 7 heteroatoms. The van der Waals surface area contributed by atoms with Gasteiger partial charge in [-0.15, -0.1) is 0 Å². The van der Waals surface area contributed by atoms with Gasteiger partial charge in [0.25, 0.3) is 0 Å². The number of amides is 1. The molecule has 1 amide bonds. The second-order valence-corrected chi connectivity index (χ2v) is 4.50. The van der Waals surface area contributed by atoms with Gasteiger partial charge < -0.3 is 5.73 Å². The first-order chi connectivity index (χ1) is 9.93. The molecule has 0 spiro atoms. The zero-order valence-electron chi connectivity index (χ0n) is 11.3. The van der Waals surface area contributed by atoms with E-state index in [1.54, 1.807) is 6.92 Å². The highest BCUT2D eigenvalue weighted by atomic mass is 19.1. The Labute approximate surface area is 119 Å². The normalized spacial score (nSPS) is 14.1. The van der Waals surface area contributed by atoms with E-state index in [4.69, 9.17) is 5.73 Å². The van der Waals surface area contributed by atoms with Crippen LogP contribution in [0.25, 0.3) is 0 Å². The Morgan fingerprint density at radius 2 is 2.10 bits per heavy atom. The number of carbonyl (C=O) groups excluding carboxylic acids is 1. The Morgan fingerprint density at radius 1 is 1.38 bits per heavy atom. The molecule has 0 bridgehead atoms. The molecule has 1 aliphatic rings. The number of nitrogens with two attached hydrogens (primary N) is 1. The molecule has 112 valence electrons. The van der Waals surface area contributed by atoms with Crippen LogP contribution in [-0.4, -0.2) is 17.5 Å². The number of carbonyl (C=O) groups is 1. The molecule has 21 heavy (non-hydrogen) atoms. The van der Waals surface area contributed by atoms with E-state index in [-0.39, 0.29) is 24.1 Å². The molecule has 3 N–H and O–H groups in total. The van der Waals surface area contributed by atoms with Crippen LogP contribution in [0, 0.1) is 17.5 Å². The van der Waals surface area contributed by atoms with Crippen LogP contribution in [-0.2, 0) is 11.2 Å². The van der Waals surface area contributed by atoms with E-state index in [0.29, 0.717) is 6.07 Å². The van der Waals surface area contributed by atoms with E-state index in [9.17, 15) is 18.0 Å². The third kappa shape index (κ3) is 3.01. The molecule has 0 saturated carbocycles. The predicted octanol–water partition coefficient (Wildman–Crippen LogP) is 2.23. The summed E-state index contributed by atoms with van der Waals surface area (Å²) in [4.78, 5) is 11.1. The third-order valence-corrected chi connectivity index (χ3v) is 3.09. The lowest BCUT2D eigenvalue weighted by molar-refractivity contribution is -0.114. The molecule has 4 nitrogen and oxygen atoms in total. The predicted molar refractivity (Wildman–Crippen MR) is 72.4 cm³/mol. The Hall–Kier alpha value is -2.44. The van der Waals surface area contributed by atoms with Gasteiger partial charge in [-0.2, -0.15) is 0 Å². The minimum Gasteiger partial charge on any atom is -0.366 e. The summed E-state index contributed by atoms with van der Waals surface area (Å²) >= 11 is 0. The second kappa shape index (κ2) is 5.90. The number of nitrogens with zero attached hydrogens (tertiary/aromatic N) is 1. The van der Waals surface area contributed by atoms with Crippen LogP contribution in [0.5, 0.6) is 0 Å². The van der Waals surface area contributed by atoms with Crippen molar-refractivity contribution in [2.45, 2.75) is 13.3 Å². The fourth-order valence-corrected chi connectivity index (χ4v) is 1.99. The van der Waals surface area contributed by atoms with Crippen LogP contribution in [0.1, 0.15) is 12.5 Å². The Morgan fingerprint density at radius 3 is 2.71 bits per heavy atom. The molecular formula is C14H14F3N3O. The zero-order valence-corrected chi connectivity index (χ0v) is 11.3. The molecule has 0 aliphatic carbocycles. The van der Waals surface area contributed by atoms with E-state index in [1.807, 2.05) is 0 Å². The van der Waals surface area contributed by atoms with Gasteiger partial charge in [-0.3, -0.25) is 15.2 Å². The number of allylic oxidation sites excluding steroid dienone is 2. The summed E-state index contributed by atoms with van der Waals surface area (Å²) in [6, 6.07) is 0.628. The average molecular weight is 297 g/mol. The molecule has 0 atom stereocenters. The summed E-state index contributed by atoms with van der Waals surface area (Å²) in [6.45, 7) is 1.61. The highest BCUT2D eigenvalue weighted by Gasteiger charge is 2.20. The highest BCUT2D eigenvalue weighted by molar-refractivity contribution is 5.93. The molecule has 2 rings (SSSR count). The molecule has 1 aromatic rings. The van der Waals surface area contributed by atoms with Gasteiger partial charge in [0.1, 0.15) is 11.5 Å². The lowest BCUT2D eigenvalue weighted by atomic mass is 10.1. The first-order valence-corrected chi connectivity index (χ1v) is 6.30. The zero-order chi connectivity index (χ0) is 15.6. The highest BCUT2D eigenvalue weighted by Crippen LogP contribution is 2.26. The van der Waals surface area contributed by atoms with Crippen molar-refractivity contribution < 1.29 is 18.0 Å². The van der Waals surface area contributed by atoms with Crippen molar-refractivity contribution in [1.29, 1.82) is 0 Å². The first-order valence-electron chi connectivity index (χ1n) is 6.30. The van der Waals surface area contributed by atoms with Gasteiger partial charge in [0.15, 0.2) is 11.6 Å². The number of benzene rings is 1. The maximum absolute atomic E-state index is 14.1. The molecule has 0 aromatic heterocycles. The lowest BCUT2D eigenvalue weighted by Gasteiger charge is -2.26. The third-order valence-electron chi connectivity index (χ3n) is 3.09. The number of hydrazine groups is 1. The van der Waals surface area contributed by atoms with Crippen LogP contribution in [0.3, 0.4) is 0 Å². The Bertz CT molecular complexity index is 641. The van der Waals surface area contributed by atoms with Gasteiger partial charge in [-0.05, 0) is 12.5 Å². The summed E-state index contributed by atoms with van der Waals surface area (Å²) < 4.78 is 41.3. The van der Waals surface area contributed by atoms with Gasteiger partial charge in [0, 0.05) is 23.4 Å². The standard InChI is InChI=1S/C14H14F3N3O/c1-2-9-10(15)6-11(16)13(12(9)17)19-20-5-3-4-8(7-20)14(18)21/h3-6,19H,2,7H2,1H3,(H2,18,21). The Kier molecular flexibility index (Phi) is 4.21. The molecule has 0 radical (unpaired) electrons. The van der Waals surface area contributed by atoms with Gasteiger partial charge in [-0.1, -0.05) is 13.0 Å². The quantitative estimate of drug-likeness (QED) is 0.896. The monoisotopic (exact) mass is 297 g/mol. The number of primary amides is 1. The van der Waals surface area contributed by atoms with Gasteiger partial charge in [-0.25, -0.2) is 13.2 Å². The molecule has 0 fully saturated rings. The maximum Gasteiger partial charge on any atom is 0.246 e. The van der Waals surface area contributed by atoms with Crippen molar-refractivity contribution in [3.05, 3.63) is 53.0 Å². The van der Waals surface area contributed by atoms with Crippen LogP contribution in [0.15, 0.2) is 30.0 Å². The van der Waals surface area contributed by atoms with Gasteiger partial charge in [0.05, 0.1) is 6.54 Å². The maximum atomic E-state index is 14.1. The minimum absolute atomic E-state index is 0.0452. The van der Waals surface area contributed by atoms with Crippen molar-refractivity contribution in [2.75, 3.05) is 12.0 Å². The van der Waals surface area contributed by atoms with Crippen molar-refractivity contribution in [1.82, 2.24) is 5.01 Å². The van der Waals surface area contributed by atoms with Crippen LogP contribution in [0.2, 0.25) is 0 Å². The first kappa shape index (κ1) is 15.0. The number of hydrogen-bond donors (Lipinski definition) is 2. The number of hydrogen-bond acceptors (Lipinski definition) is 3. The second-order valence-electron chi connectivity index (χ2n) is 4.50. The molecule has 1 aromatic carbocycles. The summed E-state index contributed by atoms with van der Waals surface area (Å²) in [5, 5.41) is 1.29. The summed E-state index contributed by atoms with van der Waals surface area (Å²) in [5.74, 6) is -3.59. The van der Waals surface area contributed by atoms with Crippen molar-refractivity contribution in [2.24, 2.45) is 5.73 Å². The molecule has 1 aliphatic heterocycles. The van der Waals surface area contributed by atoms with Crippen molar-refractivity contribution >= 4 is 11.6 Å². The number of rotatable bonds is 4. The van der Waals surface area contributed by atoms with Crippen LogP contribution < -0.4 is 11.2 Å². The average Bonchev–Trinajstić information content (AvgIpc) is 2.44.